The van der Waals surface area contributed by atoms with Gasteiger partial charge in [0.25, 0.3) is 5.91 Å². The van der Waals surface area contributed by atoms with Crippen LogP contribution in [0.25, 0.3) is 0 Å². The highest BCUT2D eigenvalue weighted by atomic mass is 32.2. The zero-order valence-corrected chi connectivity index (χ0v) is 17.7. The molecule has 0 N–H and O–H groups in total. The predicted molar refractivity (Wildman–Crippen MR) is 113 cm³/mol. The summed E-state index contributed by atoms with van der Waals surface area (Å²) in [5.41, 5.74) is 2.95. The summed E-state index contributed by atoms with van der Waals surface area (Å²) in [6.45, 7) is 6.93. The third-order valence-electron chi connectivity index (χ3n) is 5.39. The standard InChI is InChI=1S/C23H29NO3S/c1-23(2,3)20-11-9-19(10-12-20)22(25)24(21-14-16-28(26,27)17-21)15-13-18-7-5-4-6-8-18/h4-12,21H,13-17H2,1-3H3/t21-/m1/s1. The number of benzene rings is 2. The molecule has 0 spiro atoms. The maximum atomic E-state index is 13.3. The molecule has 4 nitrogen and oxygen atoms in total. The van der Waals surface area contributed by atoms with Gasteiger partial charge < -0.3 is 4.90 Å². The van der Waals surface area contributed by atoms with Gasteiger partial charge in [-0.15, -0.1) is 0 Å². The molecule has 28 heavy (non-hydrogen) atoms. The minimum absolute atomic E-state index is 0.0219. The van der Waals surface area contributed by atoms with Crippen molar-refractivity contribution in [3.8, 4) is 0 Å². The average Bonchev–Trinajstić information content (AvgIpc) is 3.01. The first-order valence-electron chi connectivity index (χ1n) is 9.81. The SMILES string of the molecule is CC(C)(C)c1ccc(C(=O)N(CCc2ccccc2)[C@@H]2CCS(=O)(=O)C2)cc1. The third kappa shape index (κ3) is 5.02. The fraction of sp³-hybridized carbons (Fsp3) is 0.435. The number of nitrogens with zero attached hydrogens (tertiary/aromatic N) is 1. The highest BCUT2D eigenvalue weighted by molar-refractivity contribution is 7.91. The Hall–Kier alpha value is -2.14. The van der Waals surface area contributed by atoms with Crippen molar-refractivity contribution in [3.63, 3.8) is 0 Å². The van der Waals surface area contributed by atoms with Crippen molar-refractivity contribution >= 4 is 15.7 Å². The fourth-order valence-corrected chi connectivity index (χ4v) is 5.37. The molecule has 1 fully saturated rings. The molecule has 0 unspecified atom stereocenters. The second-order valence-corrected chi connectivity index (χ2v) is 10.8. The molecule has 1 saturated heterocycles. The minimum atomic E-state index is -3.06. The lowest BCUT2D eigenvalue weighted by atomic mass is 9.86. The number of hydrogen-bond donors (Lipinski definition) is 0. The topological polar surface area (TPSA) is 54.5 Å². The van der Waals surface area contributed by atoms with Crippen LogP contribution in [0.15, 0.2) is 54.6 Å². The summed E-state index contributed by atoms with van der Waals surface area (Å²) in [7, 11) is -3.06. The first-order valence-corrected chi connectivity index (χ1v) is 11.6. The van der Waals surface area contributed by atoms with E-state index in [4.69, 9.17) is 0 Å². The Morgan fingerprint density at radius 2 is 1.68 bits per heavy atom. The van der Waals surface area contributed by atoms with Crippen LogP contribution in [0.1, 0.15) is 48.7 Å². The van der Waals surface area contributed by atoms with Gasteiger partial charge >= 0.3 is 0 Å². The van der Waals surface area contributed by atoms with Crippen molar-refractivity contribution in [2.45, 2.75) is 45.1 Å². The van der Waals surface area contributed by atoms with Crippen LogP contribution in [0, 0.1) is 0 Å². The molecular formula is C23H29NO3S. The first kappa shape index (κ1) is 20.6. The molecule has 1 aliphatic rings. The maximum Gasteiger partial charge on any atom is 0.254 e. The number of hydrogen-bond acceptors (Lipinski definition) is 3. The van der Waals surface area contributed by atoms with Crippen molar-refractivity contribution < 1.29 is 13.2 Å². The van der Waals surface area contributed by atoms with Crippen LogP contribution in [0.3, 0.4) is 0 Å². The smallest absolute Gasteiger partial charge is 0.254 e. The monoisotopic (exact) mass is 399 g/mol. The lowest BCUT2D eigenvalue weighted by Gasteiger charge is -2.29. The lowest BCUT2D eigenvalue weighted by Crippen LogP contribution is -2.42. The van der Waals surface area contributed by atoms with E-state index < -0.39 is 9.84 Å². The number of carbonyl (C=O) groups excluding carboxylic acids is 1. The van der Waals surface area contributed by atoms with E-state index in [1.54, 1.807) is 4.90 Å². The number of carbonyl (C=O) groups is 1. The van der Waals surface area contributed by atoms with E-state index in [1.807, 2.05) is 54.6 Å². The second kappa shape index (κ2) is 8.08. The van der Waals surface area contributed by atoms with Gasteiger partial charge in [0.05, 0.1) is 11.5 Å². The van der Waals surface area contributed by atoms with Crippen LogP contribution in [-0.4, -0.2) is 43.3 Å². The molecular weight excluding hydrogens is 370 g/mol. The molecule has 0 radical (unpaired) electrons. The largest absolute Gasteiger partial charge is 0.334 e. The van der Waals surface area contributed by atoms with Gasteiger partial charge in [-0.1, -0.05) is 63.2 Å². The molecule has 0 saturated carbocycles. The summed E-state index contributed by atoms with van der Waals surface area (Å²) in [6.07, 6.45) is 1.23. The van der Waals surface area contributed by atoms with Gasteiger partial charge in [-0.25, -0.2) is 8.42 Å². The van der Waals surface area contributed by atoms with E-state index in [1.165, 1.54) is 5.56 Å². The quantitative estimate of drug-likeness (QED) is 0.767. The van der Waals surface area contributed by atoms with Crippen LogP contribution in [0.5, 0.6) is 0 Å². The normalized spacial score (nSPS) is 18.8. The molecule has 5 heteroatoms. The van der Waals surface area contributed by atoms with E-state index in [9.17, 15) is 13.2 Å². The van der Waals surface area contributed by atoms with Gasteiger partial charge in [0.1, 0.15) is 0 Å². The van der Waals surface area contributed by atoms with Crippen molar-refractivity contribution in [3.05, 3.63) is 71.3 Å². The zero-order valence-electron chi connectivity index (χ0n) is 16.9. The Morgan fingerprint density at radius 1 is 1.04 bits per heavy atom. The summed E-state index contributed by atoms with van der Waals surface area (Å²) < 4.78 is 24.0. The highest BCUT2D eigenvalue weighted by Crippen LogP contribution is 2.24. The first-order chi connectivity index (χ1) is 13.2. The van der Waals surface area contributed by atoms with E-state index in [2.05, 4.69) is 20.8 Å². The minimum Gasteiger partial charge on any atom is -0.334 e. The zero-order chi connectivity index (χ0) is 20.4. The Balaban J connectivity index is 1.82. The number of rotatable bonds is 5. The molecule has 1 heterocycles. The fourth-order valence-electron chi connectivity index (χ4n) is 3.64. The Labute approximate surface area is 168 Å². The van der Waals surface area contributed by atoms with Crippen molar-refractivity contribution in [2.24, 2.45) is 0 Å². The van der Waals surface area contributed by atoms with Gasteiger partial charge in [-0.3, -0.25) is 4.79 Å². The van der Waals surface area contributed by atoms with Gasteiger partial charge in [0, 0.05) is 18.2 Å². The van der Waals surface area contributed by atoms with Crippen LogP contribution in [0.2, 0.25) is 0 Å². The Bertz CT molecular complexity index is 913. The second-order valence-electron chi connectivity index (χ2n) is 8.62. The number of amides is 1. The molecule has 2 aromatic rings. The van der Waals surface area contributed by atoms with E-state index >= 15 is 0 Å². The van der Waals surface area contributed by atoms with E-state index in [-0.39, 0.29) is 28.9 Å². The van der Waals surface area contributed by atoms with E-state index in [0.717, 1.165) is 5.56 Å². The van der Waals surface area contributed by atoms with Gasteiger partial charge in [0.15, 0.2) is 9.84 Å². The molecule has 0 aromatic heterocycles. The molecule has 1 atom stereocenters. The highest BCUT2D eigenvalue weighted by Gasteiger charge is 2.34. The van der Waals surface area contributed by atoms with Gasteiger partial charge in [-0.2, -0.15) is 0 Å². The predicted octanol–water partition coefficient (Wildman–Crippen LogP) is 3.86. The summed E-state index contributed by atoms with van der Waals surface area (Å²) in [4.78, 5) is 15.0. The van der Waals surface area contributed by atoms with Gasteiger partial charge in [0.2, 0.25) is 0 Å². The molecule has 150 valence electrons. The molecule has 0 aliphatic carbocycles. The van der Waals surface area contributed by atoms with Crippen LogP contribution < -0.4 is 0 Å². The van der Waals surface area contributed by atoms with E-state index in [0.29, 0.717) is 24.9 Å². The molecule has 1 aliphatic heterocycles. The summed E-state index contributed by atoms with van der Waals surface area (Å²) in [6, 6.07) is 17.5. The molecule has 3 rings (SSSR count). The third-order valence-corrected chi connectivity index (χ3v) is 7.14. The molecule has 2 aromatic carbocycles. The van der Waals surface area contributed by atoms with Crippen LogP contribution in [-0.2, 0) is 21.7 Å². The van der Waals surface area contributed by atoms with Crippen molar-refractivity contribution in [1.82, 2.24) is 4.90 Å². The Kier molecular flexibility index (Phi) is 5.94. The summed E-state index contributed by atoms with van der Waals surface area (Å²) in [5.74, 6) is 0.141. The molecule has 1 amide bonds. The van der Waals surface area contributed by atoms with Crippen molar-refractivity contribution in [2.75, 3.05) is 18.1 Å². The Morgan fingerprint density at radius 3 is 2.21 bits per heavy atom. The lowest BCUT2D eigenvalue weighted by molar-refractivity contribution is 0.0699. The van der Waals surface area contributed by atoms with Crippen LogP contribution >= 0.6 is 0 Å². The molecule has 0 bridgehead atoms. The van der Waals surface area contributed by atoms with Crippen molar-refractivity contribution in [1.29, 1.82) is 0 Å². The van der Waals surface area contributed by atoms with Gasteiger partial charge in [-0.05, 0) is 41.5 Å². The maximum absolute atomic E-state index is 13.3. The summed E-state index contributed by atoms with van der Waals surface area (Å²) >= 11 is 0. The summed E-state index contributed by atoms with van der Waals surface area (Å²) in [5, 5.41) is 0. The number of sulfone groups is 1. The van der Waals surface area contributed by atoms with Crippen LogP contribution in [0.4, 0.5) is 0 Å². The average molecular weight is 400 g/mol.